The summed E-state index contributed by atoms with van der Waals surface area (Å²) in [6, 6.07) is 0. The lowest BCUT2D eigenvalue weighted by Gasteiger charge is -2.28. The number of carbonyl (C=O) groups excluding carboxylic acids is 2. The molecule has 1 heterocycles. The predicted octanol–water partition coefficient (Wildman–Crippen LogP) is 1.81. The minimum atomic E-state index is -0.461. The predicted molar refractivity (Wildman–Crippen MR) is 61.1 cm³/mol. The van der Waals surface area contributed by atoms with Crippen LogP contribution in [0.5, 0.6) is 0 Å². The quantitative estimate of drug-likeness (QED) is 0.686. The van der Waals surface area contributed by atoms with Gasteiger partial charge in [0.05, 0.1) is 6.54 Å². The Hall–Kier alpha value is -1.32. The largest absolute Gasteiger partial charge is 0.447 e. The van der Waals surface area contributed by atoms with Crippen molar-refractivity contribution in [3.63, 3.8) is 0 Å². The van der Waals surface area contributed by atoms with Crippen LogP contribution >= 0.6 is 0 Å². The Bertz CT molecular complexity index is 390. The molecule has 0 N–H and O–H groups in total. The number of cyclic esters (lactones) is 1. The number of hydrogen-bond acceptors (Lipinski definition) is 3. The zero-order valence-electron chi connectivity index (χ0n) is 9.96. The third-order valence-corrected chi connectivity index (χ3v) is 4.41. The number of fused-ring (bicyclic) bond motifs is 2. The molecule has 4 atom stereocenters. The van der Waals surface area contributed by atoms with E-state index < -0.39 is 6.09 Å². The fourth-order valence-corrected chi connectivity index (χ4v) is 3.62. The van der Waals surface area contributed by atoms with Crippen LogP contribution in [0.25, 0.3) is 0 Å². The molecular formula is C13H17NO3. The van der Waals surface area contributed by atoms with E-state index in [1.165, 1.54) is 4.90 Å². The van der Waals surface area contributed by atoms with Gasteiger partial charge in [-0.15, -0.1) is 0 Å². The zero-order valence-corrected chi connectivity index (χ0v) is 9.96. The average Bonchev–Trinajstić information content (AvgIpc) is 3.01. The minimum absolute atomic E-state index is 0.000602. The van der Waals surface area contributed by atoms with Crippen molar-refractivity contribution in [1.29, 1.82) is 0 Å². The van der Waals surface area contributed by atoms with E-state index in [4.69, 9.17) is 4.74 Å². The van der Waals surface area contributed by atoms with Crippen molar-refractivity contribution in [2.75, 3.05) is 13.2 Å². The first-order valence-electron chi connectivity index (χ1n) is 6.39. The Balaban J connectivity index is 1.81. The van der Waals surface area contributed by atoms with E-state index in [-0.39, 0.29) is 11.8 Å². The van der Waals surface area contributed by atoms with Crippen LogP contribution in [0.2, 0.25) is 0 Å². The first-order chi connectivity index (χ1) is 8.22. The highest BCUT2D eigenvalue weighted by atomic mass is 16.6. The van der Waals surface area contributed by atoms with Gasteiger partial charge in [0.25, 0.3) is 0 Å². The zero-order chi connectivity index (χ0) is 12.0. The number of ether oxygens (including phenoxy) is 1. The summed E-state index contributed by atoms with van der Waals surface area (Å²) >= 11 is 0. The summed E-state index contributed by atoms with van der Waals surface area (Å²) in [5.41, 5.74) is 0. The van der Waals surface area contributed by atoms with E-state index in [9.17, 15) is 9.59 Å². The molecule has 4 nitrogen and oxygen atoms in total. The summed E-state index contributed by atoms with van der Waals surface area (Å²) in [5.74, 6) is 1.27. The first-order valence-corrected chi connectivity index (χ1v) is 6.39. The summed E-state index contributed by atoms with van der Waals surface area (Å²) in [5, 5.41) is 0. The molecule has 2 bridgehead atoms. The molecule has 1 aliphatic heterocycles. The molecule has 3 rings (SSSR count). The molecule has 0 unspecified atom stereocenters. The average molecular weight is 235 g/mol. The van der Waals surface area contributed by atoms with Crippen LogP contribution in [-0.2, 0) is 9.53 Å². The van der Waals surface area contributed by atoms with Gasteiger partial charge in [-0.05, 0) is 24.2 Å². The highest BCUT2D eigenvalue weighted by molar-refractivity contribution is 5.95. The smallest absolute Gasteiger partial charge is 0.416 e. The second kappa shape index (κ2) is 3.86. The molecule has 0 radical (unpaired) electrons. The number of amides is 2. The van der Waals surface area contributed by atoms with Crippen LogP contribution in [0.3, 0.4) is 0 Å². The molecule has 0 spiro atoms. The van der Waals surface area contributed by atoms with Crippen molar-refractivity contribution in [2.24, 2.45) is 23.7 Å². The van der Waals surface area contributed by atoms with Gasteiger partial charge < -0.3 is 4.74 Å². The van der Waals surface area contributed by atoms with Gasteiger partial charge in [-0.3, -0.25) is 4.79 Å². The number of rotatable bonds is 2. The summed E-state index contributed by atoms with van der Waals surface area (Å²) < 4.78 is 4.84. The number of allylic oxidation sites excluding steroid dienone is 2. The molecule has 92 valence electrons. The number of imide groups is 1. The Morgan fingerprint density at radius 2 is 2.24 bits per heavy atom. The van der Waals surface area contributed by atoms with Crippen molar-refractivity contribution in [2.45, 2.75) is 19.8 Å². The summed E-state index contributed by atoms with van der Waals surface area (Å²) in [4.78, 5) is 25.1. The van der Waals surface area contributed by atoms with Crippen molar-refractivity contribution in [3.8, 4) is 0 Å². The number of carbonyl (C=O) groups is 2. The van der Waals surface area contributed by atoms with Crippen LogP contribution < -0.4 is 0 Å². The molecule has 2 aliphatic carbocycles. The highest BCUT2D eigenvalue weighted by Gasteiger charge is 2.49. The van der Waals surface area contributed by atoms with Gasteiger partial charge in [-0.2, -0.15) is 0 Å². The molecule has 1 saturated heterocycles. The molecule has 0 aromatic rings. The van der Waals surface area contributed by atoms with E-state index >= 15 is 0 Å². The standard InChI is InChI=1S/C13H17NO3/c1-2-10-8-3-4-9(7-8)11(10)12(15)14-5-6-17-13(14)16/h3-4,8-11H,2,5-7H2,1H3/t8-,9+,10+,11+/m0/s1. The summed E-state index contributed by atoms with van der Waals surface area (Å²) in [7, 11) is 0. The molecule has 17 heavy (non-hydrogen) atoms. The minimum Gasteiger partial charge on any atom is -0.447 e. The van der Waals surface area contributed by atoms with E-state index in [1.807, 2.05) is 0 Å². The van der Waals surface area contributed by atoms with E-state index in [2.05, 4.69) is 19.1 Å². The van der Waals surface area contributed by atoms with Crippen molar-refractivity contribution >= 4 is 12.0 Å². The lowest BCUT2D eigenvalue weighted by Crippen LogP contribution is -2.41. The maximum atomic E-state index is 12.4. The Morgan fingerprint density at radius 3 is 2.88 bits per heavy atom. The first kappa shape index (κ1) is 10.8. The molecule has 0 aromatic heterocycles. The SMILES string of the molecule is CC[C@H]1[C@H](C(=O)N2CCOC2=O)[C@@H]2C=C[C@H]1C2. The third kappa shape index (κ3) is 1.50. The van der Waals surface area contributed by atoms with Gasteiger partial charge in [0.15, 0.2) is 0 Å². The summed E-state index contributed by atoms with van der Waals surface area (Å²) in [6.45, 7) is 2.89. The van der Waals surface area contributed by atoms with Crippen molar-refractivity contribution in [3.05, 3.63) is 12.2 Å². The Morgan fingerprint density at radius 1 is 1.47 bits per heavy atom. The molecule has 4 heteroatoms. The molecule has 1 saturated carbocycles. The molecular weight excluding hydrogens is 218 g/mol. The topological polar surface area (TPSA) is 46.6 Å². The highest BCUT2D eigenvalue weighted by Crippen LogP contribution is 2.50. The third-order valence-electron chi connectivity index (χ3n) is 4.41. The van der Waals surface area contributed by atoms with Gasteiger partial charge in [0.1, 0.15) is 6.61 Å². The van der Waals surface area contributed by atoms with Crippen LogP contribution in [-0.4, -0.2) is 30.1 Å². The summed E-state index contributed by atoms with van der Waals surface area (Å²) in [6.07, 6.45) is 6.02. The van der Waals surface area contributed by atoms with E-state index in [0.717, 1.165) is 12.8 Å². The molecule has 2 fully saturated rings. The number of hydrogen-bond donors (Lipinski definition) is 0. The van der Waals surface area contributed by atoms with Crippen LogP contribution in [0.15, 0.2) is 12.2 Å². The van der Waals surface area contributed by atoms with Gasteiger partial charge >= 0.3 is 6.09 Å². The normalized spacial score (nSPS) is 38.9. The maximum Gasteiger partial charge on any atom is 0.416 e. The monoisotopic (exact) mass is 235 g/mol. The van der Waals surface area contributed by atoms with Gasteiger partial charge in [-0.1, -0.05) is 25.5 Å². The van der Waals surface area contributed by atoms with E-state index in [1.54, 1.807) is 0 Å². The van der Waals surface area contributed by atoms with E-state index in [0.29, 0.717) is 30.9 Å². The van der Waals surface area contributed by atoms with Gasteiger partial charge in [0, 0.05) is 5.92 Å². The molecule has 3 aliphatic rings. The molecule has 0 aromatic carbocycles. The number of nitrogens with zero attached hydrogens (tertiary/aromatic N) is 1. The fraction of sp³-hybridized carbons (Fsp3) is 0.692. The lowest BCUT2D eigenvalue weighted by molar-refractivity contribution is -0.134. The molecule has 2 amide bonds. The van der Waals surface area contributed by atoms with Gasteiger partial charge in [-0.25, -0.2) is 9.69 Å². The van der Waals surface area contributed by atoms with Crippen molar-refractivity contribution < 1.29 is 14.3 Å². The maximum absolute atomic E-state index is 12.4. The lowest BCUT2D eigenvalue weighted by atomic mass is 9.80. The van der Waals surface area contributed by atoms with Crippen LogP contribution in [0.1, 0.15) is 19.8 Å². The van der Waals surface area contributed by atoms with Crippen molar-refractivity contribution in [1.82, 2.24) is 4.90 Å². The van der Waals surface area contributed by atoms with Gasteiger partial charge in [0.2, 0.25) is 5.91 Å². The van der Waals surface area contributed by atoms with Crippen LogP contribution in [0.4, 0.5) is 4.79 Å². The second-order valence-electron chi connectivity index (χ2n) is 5.15. The fourth-order valence-electron chi connectivity index (χ4n) is 3.62. The van der Waals surface area contributed by atoms with Crippen LogP contribution in [0, 0.1) is 23.7 Å². The Kier molecular flexibility index (Phi) is 2.45. The second-order valence-corrected chi connectivity index (χ2v) is 5.15. The Labute approximate surface area is 101 Å².